The second-order valence-corrected chi connectivity index (χ2v) is 5.67. The Bertz CT molecular complexity index is 190. The molecule has 0 aromatic heterocycles. The molecular weight excluding hydrogens is 188 g/mol. The molecule has 0 aliphatic carbocycles. The van der Waals surface area contributed by atoms with Gasteiger partial charge in [-0.05, 0) is 0 Å². The van der Waals surface area contributed by atoms with Crippen LogP contribution in [-0.2, 0) is 4.79 Å². The van der Waals surface area contributed by atoms with Crippen LogP contribution < -0.4 is 0 Å². The fourth-order valence-electron chi connectivity index (χ4n) is 1.36. The van der Waals surface area contributed by atoms with E-state index in [1.807, 2.05) is 20.8 Å². The minimum atomic E-state index is -1.37. The monoisotopic (exact) mass is 206 g/mol. The van der Waals surface area contributed by atoms with E-state index in [1.165, 1.54) is 0 Å². The van der Waals surface area contributed by atoms with Crippen LogP contribution in [0.25, 0.3) is 0 Å². The molecule has 1 atom stereocenters. The van der Waals surface area contributed by atoms with E-state index in [0.29, 0.717) is 0 Å². The minimum absolute atomic E-state index is 0.254. The number of halogens is 1. The molecule has 0 aliphatic rings. The Kier molecular flexibility index (Phi) is 3.56. The van der Waals surface area contributed by atoms with Gasteiger partial charge in [0, 0.05) is 17.3 Å². The molecule has 0 aliphatic heterocycles. The molecule has 1 unspecified atom stereocenters. The zero-order valence-electron chi connectivity index (χ0n) is 9.02. The Hall–Kier alpha value is -0.0800. The molecule has 1 N–H and O–H groups in total. The fraction of sp³-hybridized carbons (Fsp3) is 0.900. The summed E-state index contributed by atoms with van der Waals surface area (Å²) in [6.07, 6.45) is 1.04. The lowest BCUT2D eigenvalue weighted by molar-refractivity contribution is -0.117. The van der Waals surface area contributed by atoms with Crippen LogP contribution in [0.2, 0.25) is 0 Å². The topological polar surface area (TPSA) is 37.3 Å². The maximum Gasteiger partial charge on any atom is 0.148 e. The highest BCUT2D eigenvalue weighted by atomic mass is 35.5. The Morgan fingerprint density at radius 2 is 1.62 bits per heavy atom. The number of carbonyl (C=O) groups excluding carboxylic acids is 1. The number of aldehydes is 1. The average Bonchev–Trinajstić information content (AvgIpc) is 1.84. The number of rotatable bonds is 3. The Morgan fingerprint density at radius 3 is 1.85 bits per heavy atom. The lowest BCUT2D eigenvalue weighted by Crippen LogP contribution is -2.49. The van der Waals surface area contributed by atoms with Crippen molar-refractivity contribution in [2.24, 2.45) is 10.8 Å². The van der Waals surface area contributed by atoms with Gasteiger partial charge in [-0.3, -0.25) is 0 Å². The summed E-state index contributed by atoms with van der Waals surface area (Å²) in [6, 6.07) is 0. The van der Waals surface area contributed by atoms with Gasteiger partial charge in [0.2, 0.25) is 0 Å². The van der Waals surface area contributed by atoms with E-state index < -0.39 is 15.9 Å². The van der Waals surface area contributed by atoms with Crippen molar-refractivity contribution in [2.45, 2.75) is 46.1 Å². The molecule has 0 saturated carbocycles. The normalized spacial score (nSPS) is 18.1. The summed E-state index contributed by atoms with van der Waals surface area (Å²) in [5.74, 6) is 0. The largest absolute Gasteiger partial charge is 0.374 e. The molecule has 2 nitrogen and oxygen atoms in total. The minimum Gasteiger partial charge on any atom is -0.374 e. The first-order chi connectivity index (χ1) is 5.56. The van der Waals surface area contributed by atoms with Gasteiger partial charge in [0.05, 0.1) is 0 Å². The smallest absolute Gasteiger partial charge is 0.148 e. The molecule has 0 amide bonds. The highest BCUT2D eigenvalue weighted by Crippen LogP contribution is 2.48. The average molecular weight is 207 g/mol. The summed E-state index contributed by atoms with van der Waals surface area (Å²) in [5.41, 5.74) is -1.07. The van der Waals surface area contributed by atoms with Gasteiger partial charge in [0.15, 0.2) is 0 Å². The van der Waals surface area contributed by atoms with E-state index in [2.05, 4.69) is 0 Å². The number of alkyl halides is 1. The van der Waals surface area contributed by atoms with Crippen LogP contribution in [0.3, 0.4) is 0 Å². The summed E-state index contributed by atoms with van der Waals surface area (Å²) in [7, 11) is 0. The summed E-state index contributed by atoms with van der Waals surface area (Å²) in [5, 5.41) is 8.74. The number of aliphatic hydroxyl groups is 1. The van der Waals surface area contributed by atoms with Crippen molar-refractivity contribution in [1.82, 2.24) is 0 Å². The van der Waals surface area contributed by atoms with E-state index in [4.69, 9.17) is 11.6 Å². The van der Waals surface area contributed by atoms with Crippen LogP contribution in [-0.4, -0.2) is 16.5 Å². The highest BCUT2D eigenvalue weighted by Gasteiger charge is 2.50. The Balaban J connectivity index is 4.91. The third-order valence-electron chi connectivity index (χ3n) is 2.48. The van der Waals surface area contributed by atoms with Crippen LogP contribution in [0, 0.1) is 10.8 Å². The maximum atomic E-state index is 10.4. The number of hydrogen-bond acceptors (Lipinski definition) is 2. The summed E-state index contributed by atoms with van der Waals surface area (Å²) in [6.45, 7) is 9.14. The predicted octanol–water partition coefficient (Wildman–Crippen LogP) is 2.58. The number of carbonyl (C=O) groups is 1. The van der Waals surface area contributed by atoms with Gasteiger partial charge in [-0.1, -0.05) is 46.2 Å². The molecule has 0 bridgehead atoms. The molecule has 0 saturated heterocycles. The third-order valence-corrected chi connectivity index (χ3v) is 3.56. The lowest BCUT2D eigenvalue weighted by atomic mass is 9.71. The standard InChI is InChI=1S/C10H19ClO2/c1-8(2,3)10(11,13)9(4,5)6-7-12/h7,13H,6H2,1-5H3. The summed E-state index contributed by atoms with van der Waals surface area (Å²) >= 11 is 6.08. The quantitative estimate of drug-likeness (QED) is 0.569. The number of hydrogen-bond donors (Lipinski definition) is 1. The fourth-order valence-corrected chi connectivity index (χ4v) is 1.44. The van der Waals surface area contributed by atoms with Gasteiger partial charge in [-0.2, -0.15) is 0 Å². The molecule has 0 radical (unpaired) electrons. The van der Waals surface area contributed by atoms with Crippen molar-refractivity contribution in [2.75, 3.05) is 0 Å². The summed E-state index contributed by atoms with van der Waals surface area (Å²) < 4.78 is 0. The van der Waals surface area contributed by atoms with Gasteiger partial charge in [-0.25, -0.2) is 0 Å². The van der Waals surface area contributed by atoms with Gasteiger partial charge < -0.3 is 9.90 Å². The first-order valence-corrected chi connectivity index (χ1v) is 4.79. The Labute approximate surface area is 85.3 Å². The van der Waals surface area contributed by atoms with Crippen LogP contribution in [0.15, 0.2) is 0 Å². The summed E-state index contributed by atoms with van der Waals surface area (Å²) in [4.78, 5) is 10.4. The Morgan fingerprint density at radius 1 is 1.23 bits per heavy atom. The zero-order chi connectivity index (χ0) is 10.9. The third kappa shape index (κ3) is 2.44. The second-order valence-electron chi connectivity index (χ2n) is 5.13. The van der Waals surface area contributed by atoms with E-state index >= 15 is 0 Å². The van der Waals surface area contributed by atoms with Gasteiger partial charge in [-0.15, -0.1) is 0 Å². The second kappa shape index (κ2) is 3.58. The van der Waals surface area contributed by atoms with Crippen molar-refractivity contribution in [3.05, 3.63) is 0 Å². The van der Waals surface area contributed by atoms with E-state index in [1.54, 1.807) is 13.8 Å². The van der Waals surface area contributed by atoms with E-state index in [9.17, 15) is 9.90 Å². The van der Waals surface area contributed by atoms with Crippen LogP contribution >= 0.6 is 11.6 Å². The molecule has 0 heterocycles. The molecule has 0 rings (SSSR count). The molecule has 0 aromatic rings. The van der Waals surface area contributed by atoms with Crippen molar-refractivity contribution in [3.63, 3.8) is 0 Å². The molecule has 78 valence electrons. The van der Waals surface area contributed by atoms with Crippen molar-refractivity contribution in [3.8, 4) is 0 Å². The molecule has 0 aromatic carbocycles. The van der Waals surface area contributed by atoms with Crippen LogP contribution in [0.1, 0.15) is 41.0 Å². The molecule has 3 heteroatoms. The van der Waals surface area contributed by atoms with Crippen LogP contribution in [0.4, 0.5) is 0 Å². The lowest BCUT2D eigenvalue weighted by Gasteiger charge is -2.45. The van der Waals surface area contributed by atoms with Crippen LogP contribution in [0.5, 0.6) is 0 Å². The van der Waals surface area contributed by atoms with E-state index in [-0.39, 0.29) is 6.42 Å². The van der Waals surface area contributed by atoms with E-state index in [0.717, 1.165) is 6.29 Å². The molecule has 0 spiro atoms. The van der Waals surface area contributed by atoms with Crippen molar-refractivity contribution in [1.29, 1.82) is 0 Å². The van der Waals surface area contributed by atoms with Gasteiger partial charge >= 0.3 is 0 Å². The van der Waals surface area contributed by atoms with Crippen molar-refractivity contribution >= 4 is 17.9 Å². The maximum absolute atomic E-state index is 10.4. The first-order valence-electron chi connectivity index (χ1n) is 4.41. The highest BCUT2D eigenvalue weighted by molar-refractivity contribution is 6.23. The molecular formula is C10H19ClO2. The molecule has 13 heavy (non-hydrogen) atoms. The molecule has 0 fully saturated rings. The van der Waals surface area contributed by atoms with Gasteiger partial charge in [0.25, 0.3) is 0 Å². The zero-order valence-corrected chi connectivity index (χ0v) is 9.77. The van der Waals surface area contributed by atoms with Gasteiger partial charge in [0.1, 0.15) is 11.3 Å². The van der Waals surface area contributed by atoms with Crippen molar-refractivity contribution < 1.29 is 9.90 Å². The first kappa shape index (κ1) is 12.9. The predicted molar refractivity (Wildman–Crippen MR) is 54.7 cm³/mol. The SMILES string of the molecule is CC(C)(C)C(O)(Cl)C(C)(C)CC=O.